The third kappa shape index (κ3) is 5.92. The van der Waals surface area contributed by atoms with E-state index in [-0.39, 0.29) is 5.82 Å². The van der Waals surface area contributed by atoms with Gasteiger partial charge >= 0.3 is 0 Å². The number of nitrogens with zero attached hydrogens (tertiary/aromatic N) is 4. The van der Waals surface area contributed by atoms with E-state index in [1.807, 2.05) is 13.0 Å². The zero-order valence-electron chi connectivity index (χ0n) is 18.4. The summed E-state index contributed by atoms with van der Waals surface area (Å²) in [4.78, 5) is 15.3. The molecule has 30 heavy (non-hydrogen) atoms. The summed E-state index contributed by atoms with van der Waals surface area (Å²) in [7, 11) is 1.49. The van der Waals surface area contributed by atoms with Gasteiger partial charge in [-0.05, 0) is 38.5 Å². The first-order valence-electron chi connectivity index (χ1n) is 10.5. The second-order valence-corrected chi connectivity index (χ2v) is 8.75. The number of ether oxygens (including phenoxy) is 1. The SMILES string of the molecule is CCNC(=NCCc1sc(C)nc1C)N1CCN(Cc2ccc(OC)c(F)c2)CC1. The number of guanidine groups is 1. The van der Waals surface area contributed by atoms with E-state index in [1.54, 1.807) is 23.5 Å². The first-order chi connectivity index (χ1) is 14.5. The summed E-state index contributed by atoms with van der Waals surface area (Å²) < 4.78 is 18.9. The van der Waals surface area contributed by atoms with Gasteiger partial charge in [0.15, 0.2) is 17.5 Å². The summed E-state index contributed by atoms with van der Waals surface area (Å²) in [6.45, 7) is 12.2. The molecular formula is C22H32FN5OS. The molecular weight excluding hydrogens is 401 g/mol. The van der Waals surface area contributed by atoms with Crippen molar-refractivity contribution in [2.75, 3.05) is 46.4 Å². The highest BCUT2D eigenvalue weighted by molar-refractivity contribution is 7.11. The quantitative estimate of drug-likeness (QED) is 0.537. The molecule has 1 saturated heterocycles. The van der Waals surface area contributed by atoms with Crippen molar-refractivity contribution in [1.29, 1.82) is 0 Å². The number of halogens is 1. The maximum absolute atomic E-state index is 13.9. The second kappa shape index (κ2) is 10.7. The monoisotopic (exact) mass is 433 g/mol. The van der Waals surface area contributed by atoms with Crippen LogP contribution in [0.1, 0.15) is 28.1 Å². The predicted octanol–water partition coefficient (Wildman–Crippen LogP) is 3.23. The molecule has 1 fully saturated rings. The van der Waals surface area contributed by atoms with Crippen LogP contribution in [0.15, 0.2) is 23.2 Å². The van der Waals surface area contributed by atoms with Crippen LogP contribution in [-0.4, -0.2) is 67.1 Å². The van der Waals surface area contributed by atoms with Gasteiger partial charge in [0, 0.05) is 57.1 Å². The van der Waals surface area contributed by atoms with Crippen molar-refractivity contribution in [2.24, 2.45) is 4.99 Å². The minimum absolute atomic E-state index is 0.291. The van der Waals surface area contributed by atoms with Gasteiger partial charge < -0.3 is 15.0 Å². The number of aromatic nitrogens is 1. The molecule has 8 heteroatoms. The van der Waals surface area contributed by atoms with Gasteiger partial charge in [0.1, 0.15) is 0 Å². The number of aryl methyl sites for hydroxylation is 2. The normalized spacial score (nSPS) is 15.5. The van der Waals surface area contributed by atoms with Crippen LogP contribution in [-0.2, 0) is 13.0 Å². The van der Waals surface area contributed by atoms with Gasteiger partial charge in [0.2, 0.25) is 0 Å². The Morgan fingerprint density at radius 2 is 2.03 bits per heavy atom. The van der Waals surface area contributed by atoms with Crippen LogP contribution in [0, 0.1) is 19.7 Å². The Kier molecular flexibility index (Phi) is 8.04. The lowest BCUT2D eigenvalue weighted by molar-refractivity contribution is 0.172. The lowest BCUT2D eigenvalue weighted by atomic mass is 10.2. The number of piperazine rings is 1. The van der Waals surface area contributed by atoms with Crippen LogP contribution in [0.5, 0.6) is 5.75 Å². The molecule has 1 aromatic heterocycles. The van der Waals surface area contributed by atoms with Gasteiger partial charge in [-0.1, -0.05) is 6.07 Å². The maximum Gasteiger partial charge on any atom is 0.194 e. The smallest absolute Gasteiger partial charge is 0.194 e. The average Bonchev–Trinajstić information content (AvgIpc) is 3.05. The fraction of sp³-hybridized carbons (Fsp3) is 0.545. The number of rotatable bonds is 7. The Labute approximate surface area is 182 Å². The predicted molar refractivity (Wildman–Crippen MR) is 121 cm³/mol. The zero-order chi connectivity index (χ0) is 21.5. The summed E-state index contributed by atoms with van der Waals surface area (Å²) >= 11 is 1.76. The van der Waals surface area contributed by atoms with Gasteiger partial charge in [-0.3, -0.25) is 9.89 Å². The minimum Gasteiger partial charge on any atom is -0.494 e. The van der Waals surface area contributed by atoms with E-state index in [2.05, 4.69) is 33.9 Å². The summed E-state index contributed by atoms with van der Waals surface area (Å²) in [5, 5.41) is 4.54. The van der Waals surface area contributed by atoms with E-state index in [4.69, 9.17) is 9.73 Å². The molecule has 0 aliphatic carbocycles. The van der Waals surface area contributed by atoms with Crippen molar-refractivity contribution >= 4 is 17.3 Å². The van der Waals surface area contributed by atoms with E-state index in [1.165, 1.54) is 12.0 Å². The van der Waals surface area contributed by atoms with Crippen LogP contribution in [0.4, 0.5) is 4.39 Å². The molecule has 164 valence electrons. The molecule has 1 aromatic carbocycles. The molecule has 6 nitrogen and oxygen atoms in total. The Balaban J connectivity index is 1.53. The molecule has 1 aliphatic heterocycles. The summed E-state index contributed by atoms with van der Waals surface area (Å²) in [6.07, 6.45) is 0.926. The van der Waals surface area contributed by atoms with Crippen LogP contribution in [0.2, 0.25) is 0 Å². The molecule has 0 unspecified atom stereocenters. The number of hydrogen-bond donors (Lipinski definition) is 1. The van der Waals surface area contributed by atoms with Crippen molar-refractivity contribution in [3.63, 3.8) is 0 Å². The van der Waals surface area contributed by atoms with Gasteiger partial charge in [0.25, 0.3) is 0 Å². The lowest BCUT2D eigenvalue weighted by Crippen LogP contribution is -2.52. The summed E-state index contributed by atoms with van der Waals surface area (Å²) in [5.41, 5.74) is 2.10. The van der Waals surface area contributed by atoms with Gasteiger partial charge in [-0.2, -0.15) is 0 Å². The molecule has 0 spiro atoms. The molecule has 0 saturated carbocycles. The van der Waals surface area contributed by atoms with Crippen molar-refractivity contribution in [3.8, 4) is 5.75 Å². The molecule has 1 aliphatic rings. The van der Waals surface area contributed by atoms with Crippen molar-refractivity contribution < 1.29 is 9.13 Å². The number of aliphatic imine (C=N–C) groups is 1. The molecule has 2 aromatic rings. The molecule has 0 radical (unpaired) electrons. The topological polar surface area (TPSA) is 53.0 Å². The molecule has 0 bridgehead atoms. The van der Waals surface area contributed by atoms with E-state index in [0.717, 1.165) is 74.5 Å². The zero-order valence-corrected chi connectivity index (χ0v) is 19.2. The fourth-order valence-electron chi connectivity index (χ4n) is 3.68. The highest BCUT2D eigenvalue weighted by Crippen LogP contribution is 2.20. The number of benzene rings is 1. The molecule has 2 heterocycles. The third-order valence-corrected chi connectivity index (χ3v) is 6.36. The van der Waals surface area contributed by atoms with E-state index in [9.17, 15) is 4.39 Å². The Morgan fingerprint density at radius 3 is 2.63 bits per heavy atom. The Bertz CT molecular complexity index is 861. The maximum atomic E-state index is 13.9. The largest absolute Gasteiger partial charge is 0.494 e. The van der Waals surface area contributed by atoms with Crippen molar-refractivity contribution in [3.05, 3.63) is 45.2 Å². The summed E-state index contributed by atoms with van der Waals surface area (Å²) in [5.74, 6) is 0.965. The minimum atomic E-state index is -0.304. The Morgan fingerprint density at radius 1 is 1.27 bits per heavy atom. The van der Waals surface area contributed by atoms with E-state index < -0.39 is 0 Å². The van der Waals surface area contributed by atoms with Crippen molar-refractivity contribution in [1.82, 2.24) is 20.1 Å². The van der Waals surface area contributed by atoms with Crippen LogP contribution < -0.4 is 10.1 Å². The highest BCUT2D eigenvalue weighted by Gasteiger charge is 2.20. The lowest BCUT2D eigenvalue weighted by Gasteiger charge is -2.36. The first-order valence-corrected chi connectivity index (χ1v) is 11.3. The molecule has 3 rings (SSSR count). The average molecular weight is 434 g/mol. The molecule has 1 N–H and O–H groups in total. The number of thiazole rings is 1. The van der Waals surface area contributed by atoms with Crippen molar-refractivity contribution in [2.45, 2.75) is 33.7 Å². The highest BCUT2D eigenvalue weighted by atomic mass is 32.1. The van der Waals surface area contributed by atoms with Gasteiger partial charge in [-0.25, -0.2) is 9.37 Å². The summed E-state index contributed by atoms with van der Waals surface area (Å²) in [6, 6.07) is 5.20. The van der Waals surface area contributed by atoms with Crippen LogP contribution in [0.3, 0.4) is 0 Å². The number of methoxy groups -OCH3 is 1. The number of nitrogens with one attached hydrogen (secondary N) is 1. The molecule has 0 atom stereocenters. The molecule has 0 amide bonds. The first kappa shape index (κ1) is 22.5. The fourth-order valence-corrected chi connectivity index (χ4v) is 4.60. The standard InChI is InChI=1S/C22H32FN5OS/c1-5-24-22(25-9-8-21-16(2)26-17(3)30-21)28-12-10-27(11-13-28)15-18-6-7-20(29-4)19(23)14-18/h6-7,14H,5,8-13,15H2,1-4H3,(H,24,25). The number of hydrogen-bond acceptors (Lipinski definition) is 5. The van der Waals surface area contributed by atoms with Gasteiger partial charge in [-0.15, -0.1) is 11.3 Å². The van der Waals surface area contributed by atoms with Gasteiger partial charge in [0.05, 0.1) is 17.8 Å². The second-order valence-electron chi connectivity index (χ2n) is 7.46. The third-order valence-electron chi connectivity index (χ3n) is 5.23. The van der Waals surface area contributed by atoms with E-state index in [0.29, 0.717) is 5.75 Å². The Hall–Kier alpha value is -2.19. The van der Waals surface area contributed by atoms with E-state index >= 15 is 0 Å². The van der Waals surface area contributed by atoms with Crippen LogP contribution >= 0.6 is 11.3 Å². The van der Waals surface area contributed by atoms with Crippen LogP contribution in [0.25, 0.3) is 0 Å².